The lowest BCUT2D eigenvalue weighted by molar-refractivity contribution is -0.923. The molecule has 1 saturated carbocycles. The van der Waals surface area contributed by atoms with Crippen LogP contribution in [0.4, 0.5) is 0 Å². The van der Waals surface area contributed by atoms with Crippen molar-refractivity contribution in [3.05, 3.63) is 35.9 Å². The van der Waals surface area contributed by atoms with E-state index in [9.17, 15) is 4.79 Å². The molecule has 3 fully saturated rings. The van der Waals surface area contributed by atoms with E-state index < -0.39 is 0 Å². The van der Waals surface area contributed by atoms with Crippen LogP contribution in [0.3, 0.4) is 0 Å². The molecular weight excluding hydrogens is 322 g/mol. The number of piperidine rings is 1. The van der Waals surface area contributed by atoms with Gasteiger partial charge in [0.1, 0.15) is 6.10 Å². The molecule has 3 aliphatic rings. The number of quaternary nitrogens is 1. The number of carbonyl (C=O) groups is 1. The third kappa shape index (κ3) is 2.97. The summed E-state index contributed by atoms with van der Waals surface area (Å²) in [6.45, 7) is 0. The molecule has 1 aromatic rings. The van der Waals surface area contributed by atoms with Crippen LogP contribution in [0.1, 0.15) is 56.9 Å². The van der Waals surface area contributed by atoms with E-state index in [1.54, 1.807) is 4.90 Å². The Labute approximate surface area is 151 Å². The van der Waals surface area contributed by atoms with Crippen molar-refractivity contribution in [2.45, 2.75) is 75.0 Å². The number of hydrogen-bond acceptors (Lipinski definition) is 2. The van der Waals surface area contributed by atoms with Crippen molar-refractivity contribution in [3.8, 4) is 0 Å². The van der Waals surface area contributed by atoms with Gasteiger partial charge in [-0.25, -0.2) is 0 Å². The number of benzene rings is 1. The number of rotatable bonds is 3. The fraction of sp³-hybridized carbons (Fsp3) is 0.650. The summed E-state index contributed by atoms with van der Waals surface area (Å²) < 4.78 is 6.11. The van der Waals surface area contributed by atoms with Gasteiger partial charge in [-0.15, -0.1) is 0 Å². The molecule has 0 radical (unpaired) electrons. The van der Waals surface area contributed by atoms with Gasteiger partial charge in [-0.3, -0.25) is 4.79 Å². The van der Waals surface area contributed by atoms with Crippen molar-refractivity contribution in [3.63, 3.8) is 0 Å². The SMILES string of the molecule is C[NH+]1C2CCC1CC(OC(=O)C1(c3ccccc3)CCCC1)C2.[Cl-]. The molecule has 24 heavy (non-hydrogen) atoms. The number of halogens is 1. The van der Waals surface area contributed by atoms with Gasteiger partial charge in [-0.05, 0) is 18.4 Å². The second-order valence-corrected chi connectivity index (χ2v) is 7.87. The summed E-state index contributed by atoms with van der Waals surface area (Å²) in [5, 5.41) is 0. The lowest BCUT2D eigenvalue weighted by Crippen LogP contribution is -3.15. The van der Waals surface area contributed by atoms with E-state index >= 15 is 0 Å². The minimum absolute atomic E-state index is 0. The average molecular weight is 350 g/mol. The zero-order chi connectivity index (χ0) is 15.9. The molecule has 2 saturated heterocycles. The van der Waals surface area contributed by atoms with Crippen LogP contribution in [-0.2, 0) is 14.9 Å². The number of esters is 1. The second kappa shape index (κ2) is 7.05. The first-order valence-corrected chi connectivity index (χ1v) is 9.29. The molecule has 1 aliphatic carbocycles. The molecule has 4 heteroatoms. The van der Waals surface area contributed by atoms with Gasteiger partial charge in [0.25, 0.3) is 0 Å². The fourth-order valence-corrected chi connectivity index (χ4v) is 5.24. The smallest absolute Gasteiger partial charge is 0.316 e. The van der Waals surface area contributed by atoms with Crippen molar-refractivity contribution in [2.24, 2.45) is 0 Å². The Bertz CT molecular complexity index is 556. The molecule has 132 valence electrons. The van der Waals surface area contributed by atoms with Gasteiger partial charge in [0.2, 0.25) is 0 Å². The monoisotopic (exact) mass is 349 g/mol. The molecule has 2 aliphatic heterocycles. The third-order valence-electron chi connectivity index (χ3n) is 6.69. The van der Waals surface area contributed by atoms with Crippen LogP contribution in [0.15, 0.2) is 30.3 Å². The molecule has 1 N–H and O–H groups in total. The van der Waals surface area contributed by atoms with E-state index in [0.29, 0.717) is 12.1 Å². The maximum atomic E-state index is 13.1. The van der Waals surface area contributed by atoms with E-state index in [1.807, 2.05) is 18.2 Å². The first-order chi connectivity index (χ1) is 11.2. The summed E-state index contributed by atoms with van der Waals surface area (Å²) in [5.74, 6) is 0.0464. The number of nitrogens with one attached hydrogen (secondary N) is 1. The van der Waals surface area contributed by atoms with Crippen molar-refractivity contribution in [2.75, 3.05) is 7.05 Å². The highest BCUT2D eigenvalue weighted by molar-refractivity contribution is 5.83. The number of fused-ring (bicyclic) bond motifs is 2. The molecule has 0 spiro atoms. The molecule has 2 bridgehead atoms. The first-order valence-electron chi connectivity index (χ1n) is 9.29. The van der Waals surface area contributed by atoms with Crippen molar-refractivity contribution in [1.82, 2.24) is 0 Å². The normalized spacial score (nSPS) is 33.7. The lowest BCUT2D eigenvalue weighted by atomic mass is 9.79. The van der Waals surface area contributed by atoms with Gasteiger partial charge >= 0.3 is 5.97 Å². The third-order valence-corrected chi connectivity index (χ3v) is 6.69. The van der Waals surface area contributed by atoms with Crippen LogP contribution in [0.5, 0.6) is 0 Å². The van der Waals surface area contributed by atoms with Crippen molar-refractivity contribution in [1.29, 1.82) is 0 Å². The topological polar surface area (TPSA) is 30.7 Å². The molecule has 0 aromatic heterocycles. The Balaban J connectivity index is 0.00000169. The zero-order valence-corrected chi connectivity index (χ0v) is 15.2. The van der Waals surface area contributed by atoms with Gasteiger partial charge < -0.3 is 22.0 Å². The zero-order valence-electron chi connectivity index (χ0n) is 14.5. The molecule has 2 atom stereocenters. The summed E-state index contributed by atoms with van der Waals surface area (Å²) in [6.07, 6.45) is 9.01. The number of ether oxygens (including phenoxy) is 1. The predicted molar refractivity (Wildman–Crippen MR) is 89.4 cm³/mol. The standard InChI is InChI=1S/C20H27NO2.ClH/c1-21-16-9-10-17(21)14-18(13-16)23-19(22)20(11-5-6-12-20)15-7-3-2-4-8-15;/h2-4,7-8,16-18H,5-6,9-14H2,1H3;1H. The van der Waals surface area contributed by atoms with Crippen LogP contribution in [0.2, 0.25) is 0 Å². The Kier molecular flexibility index (Phi) is 5.22. The summed E-state index contributed by atoms with van der Waals surface area (Å²) in [7, 11) is 2.31. The average Bonchev–Trinajstić information content (AvgIpc) is 3.13. The molecule has 2 unspecified atom stereocenters. The molecule has 4 rings (SSSR count). The predicted octanol–water partition coefficient (Wildman–Crippen LogP) is -0.746. The van der Waals surface area contributed by atoms with Gasteiger partial charge in [-0.2, -0.15) is 0 Å². The van der Waals surface area contributed by atoms with Gasteiger partial charge in [0.05, 0.1) is 24.5 Å². The first kappa shape index (κ1) is 17.8. The largest absolute Gasteiger partial charge is 1.00 e. The summed E-state index contributed by atoms with van der Waals surface area (Å²) >= 11 is 0. The minimum Gasteiger partial charge on any atom is -1.00 e. The Morgan fingerprint density at radius 1 is 1.08 bits per heavy atom. The molecule has 2 heterocycles. The highest BCUT2D eigenvalue weighted by Gasteiger charge is 2.48. The Morgan fingerprint density at radius 3 is 2.25 bits per heavy atom. The quantitative estimate of drug-likeness (QED) is 0.728. The van der Waals surface area contributed by atoms with Crippen LogP contribution in [-0.4, -0.2) is 31.2 Å². The van der Waals surface area contributed by atoms with Gasteiger partial charge in [0, 0.05) is 25.7 Å². The van der Waals surface area contributed by atoms with Crippen molar-refractivity contribution < 1.29 is 26.8 Å². The van der Waals surface area contributed by atoms with E-state index in [4.69, 9.17) is 4.74 Å². The number of hydrogen-bond donors (Lipinski definition) is 1. The van der Waals surface area contributed by atoms with E-state index in [2.05, 4.69) is 19.2 Å². The van der Waals surface area contributed by atoms with Crippen molar-refractivity contribution >= 4 is 5.97 Å². The summed E-state index contributed by atoms with van der Waals surface area (Å²) in [6, 6.07) is 11.7. The maximum Gasteiger partial charge on any atom is 0.316 e. The minimum atomic E-state index is -0.378. The molecule has 0 amide bonds. The molecule has 3 nitrogen and oxygen atoms in total. The van der Waals surface area contributed by atoms with Crippen LogP contribution >= 0.6 is 0 Å². The highest BCUT2D eigenvalue weighted by atomic mass is 35.5. The van der Waals surface area contributed by atoms with Gasteiger partial charge in [0.15, 0.2) is 0 Å². The van der Waals surface area contributed by atoms with Crippen LogP contribution in [0.25, 0.3) is 0 Å². The van der Waals surface area contributed by atoms with Gasteiger partial charge in [-0.1, -0.05) is 43.2 Å². The number of carbonyl (C=O) groups excluding carboxylic acids is 1. The lowest BCUT2D eigenvalue weighted by Gasteiger charge is -2.35. The Morgan fingerprint density at radius 2 is 1.67 bits per heavy atom. The van der Waals surface area contributed by atoms with Crippen LogP contribution < -0.4 is 17.3 Å². The van der Waals surface area contributed by atoms with E-state index in [1.165, 1.54) is 12.8 Å². The second-order valence-electron chi connectivity index (χ2n) is 7.87. The van der Waals surface area contributed by atoms with E-state index in [-0.39, 0.29) is 29.9 Å². The van der Waals surface area contributed by atoms with E-state index in [0.717, 1.165) is 44.1 Å². The summed E-state index contributed by atoms with van der Waals surface area (Å²) in [4.78, 5) is 14.8. The fourth-order valence-electron chi connectivity index (χ4n) is 5.24. The van der Waals surface area contributed by atoms with Crippen LogP contribution in [0, 0.1) is 0 Å². The molecule has 1 aromatic carbocycles. The molecular formula is C20H28ClNO2. The summed E-state index contributed by atoms with van der Waals surface area (Å²) in [5.41, 5.74) is 0.778. The maximum absolute atomic E-state index is 13.1. The highest BCUT2D eigenvalue weighted by Crippen LogP contribution is 2.43. The Hall–Kier alpha value is -1.06.